The van der Waals surface area contributed by atoms with Gasteiger partial charge < -0.3 is 24.8 Å². The molecule has 1 heterocycles. The number of anilines is 2. The van der Waals surface area contributed by atoms with Gasteiger partial charge in [-0.15, -0.1) is 0 Å². The first-order valence-electron chi connectivity index (χ1n) is 12.4. The number of para-hydroxylation sites is 3. The van der Waals surface area contributed by atoms with Gasteiger partial charge in [0.2, 0.25) is 0 Å². The van der Waals surface area contributed by atoms with Crippen LogP contribution in [0.15, 0.2) is 78.0 Å². The highest BCUT2D eigenvalue weighted by Crippen LogP contribution is 2.47. The average Bonchev–Trinajstić information content (AvgIpc) is 3.08. The number of fused-ring (bicyclic) bond motifs is 1. The fourth-order valence-corrected chi connectivity index (χ4v) is 5.16. The summed E-state index contributed by atoms with van der Waals surface area (Å²) in [6.45, 7) is 2.79. The van der Waals surface area contributed by atoms with Crippen molar-refractivity contribution in [3.05, 3.63) is 89.1 Å². The molecule has 186 valence electrons. The van der Waals surface area contributed by atoms with Crippen molar-refractivity contribution >= 4 is 17.2 Å². The number of benzene rings is 3. The summed E-state index contributed by atoms with van der Waals surface area (Å²) in [7, 11) is 3.25. The second-order valence-corrected chi connectivity index (χ2v) is 9.17. The number of rotatable bonds is 7. The maximum atomic E-state index is 13.8. The number of ether oxygens (including phenoxy) is 3. The number of hydrogen-bond acceptors (Lipinski definition) is 6. The lowest BCUT2D eigenvalue weighted by atomic mass is 9.78. The highest BCUT2D eigenvalue weighted by molar-refractivity contribution is 6.01. The molecule has 0 radical (unpaired) electrons. The summed E-state index contributed by atoms with van der Waals surface area (Å²) in [6.07, 6.45) is 2.14. The monoisotopic (exact) mass is 484 g/mol. The van der Waals surface area contributed by atoms with Crippen molar-refractivity contribution < 1.29 is 19.0 Å². The quantitative estimate of drug-likeness (QED) is 0.400. The van der Waals surface area contributed by atoms with Gasteiger partial charge in [-0.25, -0.2) is 0 Å². The van der Waals surface area contributed by atoms with Crippen LogP contribution in [0.4, 0.5) is 11.4 Å². The fraction of sp³-hybridized carbons (Fsp3) is 0.300. The minimum atomic E-state index is -0.375. The van der Waals surface area contributed by atoms with E-state index in [1.165, 1.54) is 0 Å². The molecule has 0 aromatic heterocycles. The molecule has 6 nitrogen and oxygen atoms in total. The maximum Gasteiger partial charge on any atom is 0.166 e. The Morgan fingerprint density at radius 2 is 1.67 bits per heavy atom. The number of hydrogen-bond donors (Lipinski definition) is 2. The van der Waals surface area contributed by atoms with Crippen molar-refractivity contribution in [1.29, 1.82) is 0 Å². The molecule has 0 fully saturated rings. The van der Waals surface area contributed by atoms with Crippen molar-refractivity contribution in [3.8, 4) is 17.2 Å². The van der Waals surface area contributed by atoms with Crippen LogP contribution in [0, 0.1) is 0 Å². The number of nitrogens with one attached hydrogen (secondary N) is 2. The van der Waals surface area contributed by atoms with E-state index in [1.807, 2.05) is 54.6 Å². The van der Waals surface area contributed by atoms with E-state index in [0.717, 1.165) is 52.4 Å². The number of ketones is 1. The SMILES string of the molecule is CCCOc1ccc(C2CC(=O)C3=C(C2)Nc2ccccc2NC3c2cccc(OC)c2OC)cc1. The van der Waals surface area contributed by atoms with Gasteiger partial charge in [0.1, 0.15) is 5.75 Å². The molecular weight excluding hydrogens is 452 g/mol. The third kappa shape index (κ3) is 4.51. The van der Waals surface area contributed by atoms with E-state index in [2.05, 4.69) is 29.7 Å². The number of carbonyl (C=O) groups excluding carboxylic acids is 1. The summed E-state index contributed by atoms with van der Waals surface area (Å²) in [5.74, 6) is 2.33. The zero-order valence-corrected chi connectivity index (χ0v) is 21.0. The number of methoxy groups -OCH3 is 2. The van der Waals surface area contributed by atoms with E-state index in [1.54, 1.807) is 14.2 Å². The first-order chi connectivity index (χ1) is 17.6. The molecule has 0 spiro atoms. The predicted molar refractivity (Wildman–Crippen MR) is 142 cm³/mol. The fourth-order valence-electron chi connectivity index (χ4n) is 5.16. The smallest absolute Gasteiger partial charge is 0.166 e. The minimum absolute atomic E-state index is 0.0853. The highest BCUT2D eigenvalue weighted by atomic mass is 16.5. The Morgan fingerprint density at radius 3 is 2.39 bits per heavy atom. The van der Waals surface area contributed by atoms with Crippen molar-refractivity contribution in [2.24, 2.45) is 0 Å². The van der Waals surface area contributed by atoms with Gasteiger partial charge in [-0.2, -0.15) is 0 Å². The second-order valence-electron chi connectivity index (χ2n) is 9.17. The molecule has 2 aliphatic rings. The van der Waals surface area contributed by atoms with Crippen LogP contribution >= 0.6 is 0 Å². The summed E-state index contributed by atoms with van der Waals surface area (Å²) in [4.78, 5) is 13.8. The van der Waals surface area contributed by atoms with E-state index >= 15 is 0 Å². The van der Waals surface area contributed by atoms with Crippen LogP contribution in [-0.4, -0.2) is 26.6 Å². The molecule has 0 amide bonds. The Kier molecular flexibility index (Phi) is 6.85. The standard InChI is InChI=1S/C30H32N2O4/c1-4-16-36-21-14-12-19(13-15-21)20-17-25-28(26(33)18-20)29(32-24-10-6-5-9-23(24)31-25)22-8-7-11-27(34-2)30(22)35-3/h5-15,20,29,31-32H,4,16-18H2,1-3H3. The third-order valence-corrected chi connectivity index (χ3v) is 6.88. The summed E-state index contributed by atoms with van der Waals surface area (Å²) in [5.41, 5.74) is 5.58. The van der Waals surface area contributed by atoms with Crippen molar-refractivity contribution in [2.45, 2.75) is 38.1 Å². The normalized spacial score (nSPS) is 18.8. The lowest BCUT2D eigenvalue weighted by molar-refractivity contribution is -0.116. The molecule has 2 N–H and O–H groups in total. The number of Topliss-reactive ketones (excluding diaryl/α,β-unsaturated/α-hetero) is 1. The van der Waals surface area contributed by atoms with Gasteiger partial charge in [0.25, 0.3) is 0 Å². The second kappa shape index (κ2) is 10.4. The van der Waals surface area contributed by atoms with Crippen LogP contribution in [0.2, 0.25) is 0 Å². The maximum absolute atomic E-state index is 13.8. The molecule has 3 aromatic carbocycles. The molecule has 6 heteroatoms. The van der Waals surface area contributed by atoms with Gasteiger partial charge in [0.05, 0.1) is 38.2 Å². The third-order valence-electron chi connectivity index (χ3n) is 6.88. The predicted octanol–water partition coefficient (Wildman–Crippen LogP) is 6.47. The van der Waals surface area contributed by atoms with Crippen LogP contribution in [0.3, 0.4) is 0 Å². The average molecular weight is 485 g/mol. The van der Waals surface area contributed by atoms with Crippen LogP contribution < -0.4 is 24.8 Å². The molecule has 1 aliphatic carbocycles. The Morgan fingerprint density at radius 1 is 0.889 bits per heavy atom. The van der Waals surface area contributed by atoms with Gasteiger partial charge in [-0.1, -0.05) is 43.3 Å². The van der Waals surface area contributed by atoms with Crippen molar-refractivity contribution in [3.63, 3.8) is 0 Å². The van der Waals surface area contributed by atoms with Gasteiger partial charge in [-0.3, -0.25) is 4.79 Å². The first-order valence-corrected chi connectivity index (χ1v) is 12.4. The lowest BCUT2D eigenvalue weighted by Gasteiger charge is -2.30. The van der Waals surface area contributed by atoms with Gasteiger partial charge in [0.15, 0.2) is 17.3 Å². The van der Waals surface area contributed by atoms with Gasteiger partial charge in [0, 0.05) is 23.3 Å². The van der Waals surface area contributed by atoms with Crippen LogP contribution in [0.25, 0.3) is 0 Å². The Labute approximate surface area is 212 Å². The van der Waals surface area contributed by atoms with E-state index < -0.39 is 0 Å². The van der Waals surface area contributed by atoms with Crippen LogP contribution in [-0.2, 0) is 4.79 Å². The van der Waals surface area contributed by atoms with E-state index in [9.17, 15) is 4.79 Å². The molecule has 0 saturated heterocycles. The van der Waals surface area contributed by atoms with Crippen LogP contribution in [0.5, 0.6) is 17.2 Å². The Balaban J connectivity index is 1.56. The molecule has 0 bridgehead atoms. The highest BCUT2D eigenvalue weighted by Gasteiger charge is 2.37. The largest absolute Gasteiger partial charge is 0.494 e. The summed E-state index contributed by atoms with van der Waals surface area (Å²) >= 11 is 0. The van der Waals surface area contributed by atoms with Crippen molar-refractivity contribution in [2.75, 3.05) is 31.5 Å². The van der Waals surface area contributed by atoms with Gasteiger partial charge in [-0.05, 0) is 54.7 Å². The summed E-state index contributed by atoms with van der Waals surface area (Å²) < 4.78 is 17.1. The molecule has 2 unspecified atom stereocenters. The molecule has 1 aliphatic heterocycles. The zero-order valence-electron chi connectivity index (χ0n) is 21.0. The Bertz CT molecular complexity index is 1280. The molecular formula is C30H32N2O4. The topological polar surface area (TPSA) is 68.8 Å². The number of allylic oxidation sites excluding steroid dienone is 1. The zero-order chi connectivity index (χ0) is 25.1. The van der Waals surface area contributed by atoms with Crippen molar-refractivity contribution in [1.82, 2.24) is 0 Å². The molecule has 3 aromatic rings. The van der Waals surface area contributed by atoms with E-state index in [-0.39, 0.29) is 17.7 Å². The lowest BCUT2D eigenvalue weighted by Crippen LogP contribution is -2.27. The summed E-state index contributed by atoms with van der Waals surface area (Å²) in [5, 5.41) is 7.22. The van der Waals surface area contributed by atoms with Crippen LogP contribution in [0.1, 0.15) is 49.3 Å². The summed E-state index contributed by atoms with van der Waals surface area (Å²) in [6, 6.07) is 21.6. The number of carbonyl (C=O) groups is 1. The van der Waals surface area contributed by atoms with E-state index in [0.29, 0.717) is 24.5 Å². The Hall–Kier alpha value is -3.93. The van der Waals surface area contributed by atoms with E-state index in [4.69, 9.17) is 14.2 Å². The molecule has 0 saturated carbocycles. The molecule has 2 atom stereocenters. The van der Waals surface area contributed by atoms with Gasteiger partial charge >= 0.3 is 0 Å². The first kappa shape index (κ1) is 23.8. The minimum Gasteiger partial charge on any atom is -0.494 e. The molecule has 5 rings (SSSR count). The molecule has 36 heavy (non-hydrogen) atoms.